The summed E-state index contributed by atoms with van der Waals surface area (Å²) in [5.41, 5.74) is 1.36. The van der Waals surface area contributed by atoms with Gasteiger partial charge < -0.3 is 0 Å². The van der Waals surface area contributed by atoms with Gasteiger partial charge in [-0.25, -0.2) is 0 Å². The summed E-state index contributed by atoms with van der Waals surface area (Å²) in [7, 11) is 0. The maximum atomic E-state index is 2.55. The molecule has 84 valence electrons. The topological polar surface area (TPSA) is 0 Å². The zero-order valence-electron chi connectivity index (χ0n) is 10.8. The Labute approximate surface area is 94.8 Å². The Hall–Kier alpha value is -0.130. The monoisotopic (exact) mass is 205 g/mol. The van der Waals surface area contributed by atoms with Crippen molar-refractivity contribution in [1.29, 1.82) is 0 Å². The number of fused-ring (bicyclic) bond motifs is 1. The molecular formula is C15H25+. The molecule has 3 aliphatic rings. The van der Waals surface area contributed by atoms with E-state index in [0.717, 1.165) is 23.2 Å². The number of hydrogen-bond donors (Lipinski definition) is 0. The Morgan fingerprint density at radius 2 is 1.93 bits per heavy atom. The van der Waals surface area contributed by atoms with Gasteiger partial charge in [-0.1, -0.05) is 20.8 Å². The van der Waals surface area contributed by atoms with Crippen molar-refractivity contribution in [3.63, 3.8) is 0 Å². The van der Waals surface area contributed by atoms with Gasteiger partial charge in [-0.05, 0) is 42.9 Å². The molecule has 0 amide bonds. The Balaban J connectivity index is 2.04. The summed E-state index contributed by atoms with van der Waals surface area (Å²) in [5, 5.41) is 0. The van der Waals surface area contributed by atoms with E-state index < -0.39 is 0 Å². The molecule has 1 spiro atoms. The first-order valence-corrected chi connectivity index (χ1v) is 6.81. The molecule has 4 atom stereocenters. The van der Waals surface area contributed by atoms with E-state index in [4.69, 9.17) is 0 Å². The molecule has 3 saturated carbocycles. The summed E-state index contributed by atoms with van der Waals surface area (Å²) in [4.78, 5) is 0. The largest absolute Gasteiger partial charge is 0.106 e. The van der Waals surface area contributed by atoms with Crippen LogP contribution in [-0.2, 0) is 0 Å². The van der Waals surface area contributed by atoms with Gasteiger partial charge in [0.15, 0.2) is 0 Å². The smallest absolute Gasteiger partial charge is 0.0620 e. The van der Waals surface area contributed by atoms with Crippen LogP contribution in [0.5, 0.6) is 0 Å². The van der Waals surface area contributed by atoms with Gasteiger partial charge in [0.1, 0.15) is 5.92 Å². The van der Waals surface area contributed by atoms with Crippen LogP contribution in [0.2, 0.25) is 0 Å². The van der Waals surface area contributed by atoms with E-state index in [1.54, 1.807) is 0 Å². The van der Waals surface area contributed by atoms with Gasteiger partial charge in [0, 0.05) is 5.41 Å². The Morgan fingerprint density at radius 1 is 1.20 bits per heavy atom. The highest BCUT2D eigenvalue weighted by Gasteiger charge is 2.68. The van der Waals surface area contributed by atoms with Gasteiger partial charge in [-0.15, -0.1) is 0 Å². The molecule has 0 nitrogen and oxygen atoms in total. The zero-order chi connectivity index (χ0) is 10.8. The molecule has 0 aromatic heterocycles. The average molecular weight is 205 g/mol. The van der Waals surface area contributed by atoms with E-state index in [2.05, 4.69) is 27.7 Å². The van der Waals surface area contributed by atoms with Crippen molar-refractivity contribution in [2.45, 2.75) is 59.8 Å². The Morgan fingerprint density at radius 3 is 2.67 bits per heavy atom. The molecule has 3 aliphatic carbocycles. The van der Waals surface area contributed by atoms with Crippen molar-refractivity contribution in [3.8, 4) is 0 Å². The van der Waals surface area contributed by atoms with Crippen LogP contribution >= 0.6 is 0 Å². The normalized spacial score (nSPS) is 52.0. The minimum absolute atomic E-state index is 0.603. The van der Waals surface area contributed by atoms with Crippen LogP contribution in [0.3, 0.4) is 0 Å². The summed E-state index contributed by atoms with van der Waals surface area (Å²) in [6.45, 7) is 10.1. The lowest BCUT2D eigenvalue weighted by molar-refractivity contribution is 0.117. The minimum Gasteiger partial charge on any atom is -0.0620 e. The quantitative estimate of drug-likeness (QED) is 0.512. The second-order valence-electron chi connectivity index (χ2n) is 7.19. The van der Waals surface area contributed by atoms with Gasteiger partial charge in [0.05, 0.1) is 19.3 Å². The van der Waals surface area contributed by atoms with Gasteiger partial charge in [-0.3, -0.25) is 0 Å². The van der Waals surface area contributed by atoms with E-state index in [1.165, 1.54) is 32.1 Å². The average Bonchev–Trinajstić information content (AvgIpc) is 2.57. The molecule has 2 bridgehead atoms. The highest BCUT2D eigenvalue weighted by molar-refractivity contribution is 5.20. The summed E-state index contributed by atoms with van der Waals surface area (Å²) in [6, 6.07) is 0. The summed E-state index contributed by atoms with van der Waals surface area (Å²) >= 11 is 0. The SMILES string of the molecule is C[C+]1CCC23CC1C(C)(C)C2CCC3C. The molecule has 3 rings (SSSR count). The maximum absolute atomic E-state index is 2.55. The minimum atomic E-state index is 0.603. The molecule has 0 aliphatic heterocycles. The standard InChI is InChI=1S/C15H25/c1-10-7-8-15-9-12(10)14(3,4)13(15)6-5-11(15)2/h11-13H,5-9H2,1-4H3/q+1. The molecule has 0 N–H and O–H groups in total. The predicted octanol–water partition coefficient (Wildman–Crippen LogP) is 4.45. The van der Waals surface area contributed by atoms with E-state index in [1.807, 2.05) is 5.92 Å². The predicted molar refractivity (Wildman–Crippen MR) is 64.4 cm³/mol. The molecule has 15 heavy (non-hydrogen) atoms. The molecule has 0 saturated heterocycles. The van der Waals surface area contributed by atoms with Crippen LogP contribution < -0.4 is 0 Å². The fourth-order valence-corrected chi connectivity index (χ4v) is 5.61. The van der Waals surface area contributed by atoms with Crippen LogP contribution in [0.25, 0.3) is 0 Å². The number of hydrogen-bond acceptors (Lipinski definition) is 0. The highest BCUT2D eigenvalue weighted by atomic mass is 14.7. The molecule has 0 aromatic rings. The molecule has 0 heterocycles. The molecule has 4 unspecified atom stereocenters. The van der Waals surface area contributed by atoms with E-state index in [-0.39, 0.29) is 0 Å². The summed E-state index contributed by atoms with van der Waals surface area (Å²) in [6.07, 6.45) is 7.47. The third-order valence-electron chi connectivity index (χ3n) is 6.52. The lowest BCUT2D eigenvalue weighted by atomic mass is 9.66. The molecule has 0 aromatic carbocycles. The van der Waals surface area contributed by atoms with Gasteiger partial charge in [0.25, 0.3) is 0 Å². The lowest BCUT2D eigenvalue weighted by Crippen LogP contribution is -2.30. The van der Waals surface area contributed by atoms with Gasteiger partial charge in [-0.2, -0.15) is 0 Å². The van der Waals surface area contributed by atoms with E-state index in [9.17, 15) is 0 Å². The molecule has 3 fully saturated rings. The second-order valence-corrected chi connectivity index (χ2v) is 7.19. The van der Waals surface area contributed by atoms with Crippen molar-refractivity contribution in [2.24, 2.45) is 28.6 Å². The fraction of sp³-hybridized carbons (Fsp3) is 0.933. The Kier molecular flexibility index (Phi) is 1.85. The van der Waals surface area contributed by atoms with Crippen LogP contribution in [-0.4, -0.2) is 0 Å². The van der Waals surface area contributed by atoms with Crippen molar-refractivity contribution >= 4 is 0 Å². The van der Waals surface area contributed by atoms with Crippen molar-refractivity contribution in [2.75, 3.05) is 0 Å². The fourth-order valence-electron chi connectivity index (χ4n) is 5.61. The summed E-state index contributed by atoms with van der Waals surface area (Å²) < 4.78 is 0. The van der Waals surface area contributed by atoms with Crippen LogP contribution in [0.4, 0.5) is 0 Å². The van der Waals surface area contributed by atoms with Crippen LogP contribution in [0.15, 0.2) is 0 Å². The van der Waals surface area contributed by atoms with Crippen molar-refractivity contribution in [3.05, 3.63) is 5.92 Å². The first-order valence-electron chi connectivity index (χ1n) is 6.81. The molecular weight excluding hydrogens is 180 g/mol. The summed E-state index contributed by atoms with van der Waals surface area (Å²) in [5.74, 6) is 4.79. The van der Waals surface area contributed by atoms with E-state index >= 15 is 0 Å². The Bertz CT molecular complexity index is 278. The maximum Gasteiger partial charge on any atom is 0.106 e. The van der Waals surface area contributed by atoms with Gasteiger partial charge in [0.2, 0.25) is 0 Å². The second kappa shape index (κ2) is 2.76. The third-order valence-corrected chi connectivity index (χ3v) is 6.52. The lowest BCUT2D eigenvalue weighted by Gasteiger charge is -2.36. The first-order chi connectivity index (χ1) is 6.98. The van der Waals surface area contributed by atoms with Crippen LogP contribution in [0, 0.1) is 34.5 Å². The van der Waals surface area contributed by atoms with Crippen molar-refractivity contribution < 1.29 is 0 Å². The molecule has 0 radical (unpaired) electrons. The van der Waals surface area contributed by atoms with Crippen LogP contribution in [0.1, 0.15) is 59.8 Å². The highest BCUT2D eigenvalue weighted by Crippen LogP contribution is 2.72. The first kappa shape index (κ1) is 10.1. The molecule has 0 heteroatoms. The van der Waals surface area contributed by atoms with Crippen molar-refractivity contribution in [1.82, 2.24) is 0 Å². The third kappa shape index (κ3) is 1.02. The zero-order valence-corrected chi connectivity index (χ0v) is 10.8. The van der Waals surface area contributed by atoms with Gasteiger partial charge >= 0.3 is 0 Å². The van der Waals surface area contributed by atoms with E-state index in [0.29, 0.717) is 5.41 Å². The number of rotatable bonds is 0.